The second-order valence-electron chi connectivity index (χ2n) is 5.62. The summed E-state index contributed by atoms with van der Waals surface area (Å²) in [6.07, 6.45) is 6.10. The van der Waals surface area contributed by atoms with Gasteiger partial charge in [-0.1, -0.05) is 26.2 Å². The molecule has 1 aliphatic rings. The number of hydrogen-bond acceptors (Lipinski definition) is 4. The third-order valence-electron chi connectivity index (χ3n) is 4.04. The van der Waals surface area contributed by atoms with Crippen LogP contribution in [0.2, 0.25) is 0 Å². The molecule has 6 heteroatoms. The van der Waals surface area contributed by atoms with E-state index in [-0.39, 0.29) is 11.7 Å². The summed E-state index contributed by atoms with van der Waals surface area (Å²) in [5, 5.41) is 0. The van der Waals surface area contributed by atoms with Crippen LogP contribution < -0.4 is 16.3 Å². The quantitative estimate of drug-likeness (QED) is 0.834. The van der Waals surface area contributed by atoms with Gasteiger partial charge in [-0.3, -0.25) is 4.57 Å². The van der Waals surface area contributed by atoms with Crippen molar-refractivity contribution < 1.29 is 0 Å². The third-order valence-corrected chi connectivity index (χ3v) is 4.04. The van der Waals surface area contributed by atoms with Gasteiger partial charge in [-0.25, -0.2) is 14.2 Å². The van der Waals surface area contributed by atoms with Gasteiger partial charge >= 0.3 is 11.4 Å². The molecule has 0 aromatic carbocycles. The Morgan fingerprint density at radius 1 is 1.25 bits per heavy atom. The lowest BCUT2D eigenvalue weighted by Gasteiger charge is -2.25. The molecule has 6 nitrogen and oxygen atoms in total. The molecule has 2 rings (SSSR count). The van der Waals surface area contributed by atoms with E-state index in [1.165, 1.54) is 15.6 Å². The van der Waals surface area contributed by atoms with E-state index in [0.717, 1.165) is 38.6 Å². The molecule has 20 heavy (non-hydrogen) atoms. The van der Waals surface area contributed by atoms with E-state index in [4.69, 9.17) is 0 Å². The lowest BCUT2D eigenvalue weighted by Crippen LogP contribution is -2.45. The first-order valence-corrected chi connectivity index (χ1v) is 7.47. The van der Waals surface area contributed by atoms with Crippen LogP contribution in [0.3, 0.4) is 0 Å². The van der Waals surface area contributed by atoms with Crippen molar-refractivity contribution in [2.45, 2.75) is 51.5 Å². The van der Waals surface area contributed by atoms with Crippen LogP contribution in [-0.2, 0) is 7.05 Å². The highest BCUT2D eigenvalue weighted by Crippen LogP contribution is 2.25. The predicted molar refractivity (Wildman–Crippen MR) is 79.4 cm³/mol. The van der Waals surface area contributed by atoms with E-state index in [1.807, 2.05) is 11.9 Å². The molecule has 1 aliphatic carbocycles. The minimum Gasteiger partial charge on any atom is -0.345 e. The van der Waals surface area contributed by atoms with Gasteiger partial charge in [-0.05, 0) is 19.3 Å². The molecule has 0 atom stereocenters. The smallest absolute Gasteiger partial charge is 0.345 e. The first-order chi connectivity index (χ1) is 9.56. The third kappa shape index (κ3) is 2.78. The van der Waals surface area contributed by atoms with Gasteiger partial charge in [0, 0.05) is 26.7 Å². The molecule has 0 spiro atoms. The largest absolute Gasteiger partial charge is 0.355 e. The molecule has 1 aromatic rings. The Balaban J connectivity index is 2.43. The first kappa shape index (κ1) is 14.8. The summed E-state index contributed by atoms with van der Waals surface area (Å²) in [5.74, 6) is 0.453. The van der Waals surface area contributed by atoms with Gasteiger partial charge in [-0.2, -0.15) is 4.98 Å². The highest BCUT2D eigenvalue weighted by Gasteiger charge is 2.21. The van der Waals surface area contributed by atoms with Crippen molar-refractivity contribution in [3.05, 3.63) is 21.0 Å². The van der Waals surface area contributed by atoms with Crippen LogP contribution in [-0.4, -0.2) is 27.7 Å². The van der Waals surface area contributed by atoms with E-state index in [9.17, 15) is 9.59 Å². The predicted octanol–water partition coefficient (Wildman–Crippen LogP) is 1.29. The van der Waals surface area contributed by atoms with Crippen LogP contribution in [0.4, 0.5) is 5.95 Å². The van der Waals surface area contributed by atoms with Gasteiger partial charge in [0.1, 0.15) is 0 Å². The summed E-state index contributed by atoms with van der Waals surface area (Å²) in [6, 6.07) is 0.0213. The number of nitrogens with zero attached hydrogens (tertiary/aromatic N) is 4. The zero-order valence-electron chi connectivity index (χ0n) is 12.6. The Morgan fingerprint density at radius 3 is 2.50 bits per heavy atom. The summed E-state index contributed by atoms with van der Waals surface area (Å²) < 4.78 is 2.84. The number of anilines is 1. The van der Waals surface area contributed by atoms with Crippen molar-refractivity contribution in [1.29, 1.82) is 0 Å². The van der Waals surface area contributed by atoms with E-state index < -0.39 is 5.69 Å². The maximum absolute atomic E-state index is 12.5. The Bertz CT molecular complexity index is 570. The summed E-state index contributed by atoms with van der Waals surface area (Å²) in [6.45, 7) is 2.82. The van der Waals surface area contributed by atoms with Gasteiger partial charge in [0.05, 0.1) is 0 Å². The van der Waals surface area contributed by atoms with Gasteiger partial charge in [0.2, 0.25) is 5.95 Å². The Kier molecular flexibility index (Phi) is 4.62. The zero-order valence-corrected chi connectivity index (χ0v) is 12.6. The molecule has 0 bridgehead atoms. The van der Waals surface area contributed by atoms with Crippen LogP contribution in [0.15, 0.2) is 9.59 Å². The Labute approximate surface area is 119 Å². The lowest BCUT2D eigenvalue weighted by atomic mass is 9.95. The fraction of sp³-hybridized carbons (Fsp3) is 0.786. The maximum atomic E-state index is 12.5. The highest BCUT2D eigenvalue weighted by atomic mass is 16.2. The van der Waals surface area contributed by atoms with Crippen LogP contribution in [0.25, 0.3) is 0 Å². The average molecular weight is 280 g/mol. The second-order valence-corrected chi connectivity index (χ2v) is 5.62. The first-order valence-electron chi connectivity index (χ1n) is 7.47. The zero-order chi connectivity index (χ0) is 14.7. The van der Waals surface area contributed by atoms with Crippen LogP contribution in [0, 0.1) is 0 Å². The van der Waals surface area contributed by atoms with Gasteiger partial charge in [0.25, 0.3) is 0 Å². The SMILES string of the molecule is CCCN(C)c1nc(=O)n(C2CCCCC2)c(=O)n1C. The maximum Gasteiger partial charge on any atom is 0.355 e. The van der Waals surface area contributed by atoms with E-state index in [2.05, 4.69) is 11.9 Å². The number of aromatic nitrogens is 3. The average Bonchev–Trinajstić information content (AvgIpc) is 2.44. The van der Waals surface area contributed by atoms with Crippen molar-refractivity contribution in [3.63, 3.8) is 0 Å². The van der Waals surface area contributed by atoms with Gasteiger partial charge < -0.3 is 4.90 Å². The molecule has 112 valence electrons. The molecule has 0 N–H and O–H groups in total. The molecular weight excluding hydrogens is 256 g/mol. The molecule has 0 aliphatic heterocycles. The normalized spacial score (nSPS) is 16.4. The van der Waals surface area contributed by atoms with Gasteiger partial charge in [-0.15, -0.1) is 0 Å². The lowest BCUT2D eigenvalue weighted by molar-refractivity contribution is 0.326. The van der Waals surface area contributed by atoms with Crippen molar-refractivity contribution >= 4 is 5.95 Å². The fourth-order valence-electron chi connectivity index (χ4n) is 2.97. The molecular formula is C14H24N4O2. The molecule has 0 amide bonds. The van der Waals surface area contributed by atoms with E-state index in [0.29, 0.717) is 5.95 Å². The van der Waals surface area contributed by atoms with E-state index in [1.54, 1.807) is 7.05 Å². The van der Waals surface area contributed by atoms with E-state index >= 15 is 0 Å². The van der Waals surface area contributed by atoms with Crippen molar-refractivity contribution in [1.82, 2.24) is 14.1 Å². The molecule has 1 aromatic heterocycles. The van der Waals surface area contributed by atoms with Crippen molar-refractivity contribution in [2.75, 3.05) is 18.5 Å². The molecule has 0 radical (unpaired) electrons. The number of hydrogen-bond donors (Lipinski definition) is 0. The standard InChI is InChI=1S/C14H24N4O2/c1-4-10-16(2)12-15-13(19)18(14(20)17(12)3)11-8-6-5-7-9-11/h11H,4-10H2,1-3H3. The summed E-state index contributed by atoms with van der Waals surface area (Å²) in [4.78, 5) is 30.7. The van der Waals surface area contributed by atoms with Crippen LogP contribution in [0.5, 0.6) is 0 Å². The van der Waals surface area contributed by atoms with Crippen LogP contribution in [0.1, 0.15) is 51.5 Å². The molecule has 1 saturated carbocycles. The topological polar surface area (TPSA) is 60.1 Å². The Hall–Kier alpha value is -1.59. The second kappa shape index (κ2) is 6.24. The molecule has 1 fully saturated rings. The summed E-state index contributed by atoms with van der Waals surface area (Å²) in [5.41, 5.74) is -0.646. The minimum atomic E-state index is -0.405. The van der Waals surface area contributed by atoms with Crippen molar-refractivity contribution in [2.24, 2.45) is 7.05 Å². The van der Waals surface area contributed by atoms with Crippen LogP contribution >= 0.6 is 0 Å². The fourth-order valence-corrected chi connectivity index (χ4v) is 2.97. The molecule has 1 heterocycles. The minimum absolute atomic E-state index is 0.0213. The highest BCUT2D eigenvalue weighted by molar-refractivity contribution is 5.27. The van der Waals surface area contributed by atoms with Gasteiger partial charge in [0.15, 0.2) is 0 Å². The summed E-state index contributed by atoms with van der Waals surface area (Å²) in [7, 11) is 3.55. The molecule has 0 saturated heterocycles. The summed E-state index contributed by atoms with van der Waals surface area (Å²) >= 11 is 0. The van der Waals surface area contributed by atoms with Crippen molar-refractivity contribution in [3.8, 4) is 0 Å². The molecule has 0 unspecified atom stereocenters. The Morgan fingerprint density at radius 2 is 1.90 bits per heavy atom. The number of rotatable bonds is 4. The monoisotopic (exact) mass is 280 g/mol.